The molecule has 29 heavy (non-hydrogen) atoms. The van der Waals surface area contributed by atoms with E-state index in [-0.39, 0.29) is 5.82 Å². The van der Waals surface area contributed by atoms with Gasteiger partial charge in [-0.3, -0.25) is 0 Å². The van der Waals surface area contributed by atoms with Gasteiger partial charge >= 0.3 is 0 Å². The van der Waals surface area contributed by atoms with E-state index >= 15 is 0 Å². The summed E-state index contributed by atoms with van der Waals surface area (Å²) in [5.74, 6) is 0.409. The minimum atomic E-state index is -0.807. The zero-order valence-electron chi connectivity index (χ0n) is 17.2. The molecule has 2 aromatic rings. The molecular formula is C23H31FN2O2S. The Morgan fingerprint density at radius 3 is 2.69 bits per heavy atom. The Hall–Kier alpha value is -1.50. The minimum Gasteiger partial charge on any atom is -0.493 e. The van der Waals surface area contributed by atoms with E-state index < -0.39 is 5.60 Å². The number of ether oxygens (including phenoxy) is 1. The molecule has 1 saturated heterocycles. The van der Waals surface area contributed by atoms with Gasteiger partial charge in [-0.25, -0.2) is 9.37 Å². The van der Waals surface area contributed by atoms with Crippen LogP contribution in [0.3, 0.4) is 0 Å². The number of hydrogen-bond donors (Lipinski definition) is 1. The maximum atomic E-state index is 13.0. The van der Waals surface area contributed by atoms with Crippen molar-refractivity contribution < 1.29 is 14.2 Å². The third-order valence-electron chi connectivity index (χ3n) is 6.39. The summed E-state index contributed by atoms with van der Waals surface area (Å²) in [6.45, 7) is 4.58. The molecule has 1 aliphatic carbocycles. The van der Waals surface area contributed by atoms with E-state index in [0.29, 0.717) is 12.4 Å². The fourth-order valence-corrected chi connectivity index (χ4v) is 5.83. The second-order valence-corrected chi connectivity index (χ2v) is 9.52. The molecule has 2 fully saturated rings. The highest BCUT2D eigenvalue weighted by molar-refractivity contribution is 7.11. The van der Waals surface area contributed by atoms with Gasteiger partial charge in [-0.05, 0) is 69.8 Å². The first-order valence-electron chi connectivity index (χ1n) is 10.9. The molecule has 0 bridgehead atoms. The number of thiazole rings is 1. The summed E-state index contributed by atoms with van der Waals surface area (Å²) in [5.41, 5.74) is 0.178. The highest BCUT2D eigenvalue weighted by Crippen LogP contribution is 2.38. The van der Waals surface area contributed by atoms with E-state index in [4.69, 9.17) is 9.72 Å². The van der Waals surface area contributed by atoms with Crippen LogP contribution in [0.4, 0.5) is 4.39 Å². The number of rotatable bonds is 6. The topological polar surface area (TPSA) is 45.6 Å². The Bertz CT molecular complexity index is 804. The third-order valence-corrected chi connectivity index (χ3v) is 7.80. The van der Waals surface area contributed by atoms with Crippen molar-refractivity contribution in [2.45, 2.75) is 69.9 Å². The zero-order chi connectivity index (χ0) is 20.3. The van der Waals surface area contributed by atoms with Gasteiger partial charge in [-0.15, -0.1) is 11.3 Å². The predicted octanol–water partition coefficient (Wildman–Crippen LogP) is 4.83. The maximum absolute atomic E-state index is 13.0. The molecule has 1 atom stereocenters. The first-order chi connectivity index (χ1) is 14.0. The van der Waals surface area contributed by atoms with E-state index in [1.807, 2.05) is 6.92 Å². The number of aromatic nitrogens is 1. The number of aryl methyl sites for hydroxylation is 1. The van der Waals surface area contributed by atoms with Crippen LogP contribution < -0.4 is 4.74 Å². The molecule has 0 unspecified atom stereocenters. The molecule has 0 radical (unpaired) electrons. The van der Waals surface area contributed by atoms with Gasteiger partial charge in [0.15, 0.2) is 0 Å². The summed E-state index contributed by atoms with van der Waals surface area (Å²) in [5, 5.41) is 12.3. The lowest BCUT2D eigenvalue weighted by Crippen LogP contribution is -2.35. The van der Waals surface area contributed by atoms with Crippen LogP contribution in [-0.2, 0) is 12.0 Å². The molecule has 2 aliphatic rings. The number of aliphatic hydroxyl groups is 1. The Labute approximate surface area is 176 Å². The number of nitrogens with zero attached hydrogens (tertiary/aromatic N) is 2. The molecule has 1 aromatic carbocycles. The van der Waals surface area contributed by atoms with Crippen molar-refractivity contribution in [2.24, 2.45) is 0 Å². The van der Waals surface area contributed by atoms with Gasteiger partial charge in [0.2, 0.25) is 0 Å². The molecular weight excluding hydrogens is 387 g/mol. The van der Waals surface area contributed by atoms with Gasteiger partial charge in [0.25, 0.3) is 0 Å². The Morgan fingerprint density at radius 1 is 1.17 bits per heavy atom. The summed E-state index contributed by atoms with van der Waals surface area (Å²) in [7, 11) is 0. The number of hydrogen-bond acceptors (Lipinski definition) is 5. The summed E-state index contributed by atoms with van der Waals surface area (Å²) in [6.07, 6.45) is 8.64. The van der Waals surface area contributed by atoms with Crippen molar-refractivity contribution in [3.63, 3.8) is 0 Å². The smallest absolute Gasteiger partial charge is 0.125 e. The second kappa shape index (κ2) is 9.11. The zero-order valence-corrected chi connectivity index (χ0v) is 18.0. The van der Waals surface area contributed by atoms with Crippen LogP contribution in [0.5, 0.6) is 5.75 Å². The van der Waals surface area contributed by atoms with Crippen molar-refractivity contribution in [2.75, 3.05) is 19.7 Å². The summed E-state index contributed by atoms with van der Waals surface area (Å²) in [4.78, 5) is 8.51. The van der Waals surface area contributed by atoms with E-state index in [0.717, 1.165) is 60.4 Å². The standard InChI is InChI=1S/C23H31FN2O2S/c1-17-21(11-16-28-20-9-7-18(24)8-10-20)29-22(25-17)23(27)12-4-14-26(15-13-23)19-5-2-3-6-19/h7-10,19,27H,2-6,11-16H2,1H3/t23-/m0/s1. The summed E-state index contributed by atoms with van der Waals surface area (Å²) >= 11 is 1.63. The fraction of sp³-hybridized carbons (Fsp3) is 0.609. The van der Waals surface area contributed by atoms with Crippen LogP contribution in [0.25, 0.3) is 0 Å². The van der Waals surface area contributed by atoms with Crippen molar-refractivity contribution >= 4 is 11.3 Å². The SMILES string of the molecule is Cc1nc([C@]2(O)CCCN(C3CCCC3)CC2)sc1CCOc1ccc(F)cc1. The monoisotopic (exact) mass is 418 g/mol. The quantitative estimate of drug-likeness (QED) is 0.730. The normalized spacial score (nSPS) is 24.0. The molecule has 4 rings (SSSR count). The van der Waals surface area contributed by atoms with E-state index in [9.17, 15) is 9.50 Å². The summed E-state index contributed by atoms with van der Waals surface area (Å²) in [6, 6.07) is 6.81. The minimum absolute atomic E-state index is 0.261. The lowest BCUT2D eigenvalue weighted by atomic mass is 9.96. The predicted molar refractivity (Wildman–Crippen MR) is 114 cm³/mol. The first-order valence-corrected chi connectivity index (χ1v) is 11.7. The van der Waals surface area contributed by atoms with Gasteiger partial charge in [-0.1, -0.05) is 12.8 Å². The molecule has 1 N–H and O–H groups in total. The van der Waals surface area contributed by atoms with Gasteiger partial charge in [0.1, 0.15) is 22.2 Å². The van der Waals surface area contributed by atoms with E-state index in [2.05, 4.69) is 4.90 Å². The molecule has 0 amide bonds. The molecule has 4 nitrogen and oxygen atoms in total. The van der Waals surface area contributed by atoms with E-state index in [1.54, 1.807) is 23.5 Å². The van der Waals surface area contributed by atoms with Gasteiger partial charge in [0.05, 0.1) is 12.3 Å². The van der Waals surface area contributed by atoms with Crippen LogP contribution in [0.2, 0.25) is 0 Å². The molecule has 158 valence electrons. The highest BCUT2D eigenvalue weighted by Gasteiger charge is 2.37. The van der Waals surface area contributed by atoms with Crippen LogP contribution in [-0.4, -0.2) is 40.7 Å². The van der Waals surface area contributed by atoms with Crippen molar-refractivity contribution in [1.29, 1.82) is 0 Å². The highest BCUT2D eigenvalue weighted by atomic mass is 32.1. The Morgan fingerprint density at radius 2 is 1.93 bits per heavy atom. The molecule has 1 aromatic heterocycles. The van der Waals surface area contributed by atoms with Crippen molar-refractivity contribution in [3.8, 4) is 5.75 Å². The average Bonchev–Trinajstić information content (AvgIpc) is 3.32. The van der Waals surface area contributed by atoms with Crippen molar-refractivity contribution in [1.82, 2.24) is 9.88 Å². The first kappa shape index (κ1) is 20.8. The largest absolute Gasteiger partial charge is 0.493 e. The lowest BCUT2D eigenvalue weighted by Gasteiger charge is -2.28. The van der Waals surface area contributed by atoms with Crippen LogP contribution >= 0.6 is 11.3 Å². The van der Waals surface area contributed by atoms with Crippen LogP contribution in [0, 0.1) is 12.7 Å². The molecule has 1 aliphatic heterocycles. The number of benzene rings is 1. The summed E-state index contributed by atoms with van der Waals surface area (Å²) < 4.78 is 18.7. The molecule has 6 heteroatoms. The lowest BCUT2D eigenvalue weighted by molar-refractivity contribution is 0.0196. The third kappa shape index (κ3) is 4.98. The maximum Gasteiger partial charge on any atom is 0.125 e. The van der Waals surface area contributed by atoms with Crippen molar-refractivity contribution in [3.05, 3.63) is 45.7 Å². The Kier molecular flexibility index (Phi) is 6.52. The van der Waals surface area contributed by atoms with E-state index in [1.165, 1.54) is 37.8 Å². The molecule has 2 heterocycles. The Balaban J connectivity index is 1.36. The fourth-order valence-electron chi connectivity index (χ4n) is 4.64. The molecule has 1 saturated carbocycles. The molecule has 0 spiro atoms. The van der Waals surface area contributed by atoms with Crippen LogP contribution in [0.15, 0.2) is 24.3 Å². The second-order valence-electron chi connectivity index (χ2n) is 8.44. The average molecular weight is 419 g/mol. The van der Waals surface area contributed by atoms with Gasteiger partial charge in [-0.2, -0.15) is 0 Å². The van der Waals surface area contributed by atoms with Gasteiger partial charge in [0, 0.05) is 23.9 Å². The number of halogens is 1. The van der Waals surface area contributed by atoms with Crippen LogP contribution in [0.1, 0.15) is 60.5 Å². The van der Waals surface area contributed by atoms with Gasteiger partial charge < -0.3 is 14.7 Å². The number of likely N-dealkylation sites (tertiary alicyclic amines) is 1.